The molecule has 0 amide bonds. The molecular weight excluding hydrogens is 219 g/mol. The van der Waals surface area contributed by atoms with Crippen LogP contribution in [0.5, 0.6) is 5.88 Å². The molecule has 1 aromatic heterocycles. The van der Waals surface area contributed by atoms with Crippen LogP contribution in [0.3, 0.4) is 0 Å². The fourth-order valence-electron chi connectivity index (χ4n) is 1.45. The summed E-state index contributed by atoms with van der Waals surface area (Å²) in [5, 5.41) is 11.5. The Bertz CT molecular complexity index is 418. The van der Waals surface area contributed by atoms with Crippen LogP contribution >= 0.6 is 12.2 Å². The van der Waals surface area contributed by atoms with Crippen LogP contribution in [0.1, 0.15) is 31.2 Å². The van der Waals surface area contributed by atoms with E-state index in [1.165, 1.54) is 0 Å². The molecule has 1 fully saturated rings. The minimum Gasteiger partial charge on any atom is -0.858 e. The second-order valence-corrected chi connectivity index (χ2v) is 4.02. The monoisotopic (exact) mass is 232 g/mol. The average molecular weight is 232 g/mol. The van der Waals surface area contributed by atoms with Crippen LogP contribution in [0.4, 0.5) is 0 Å². The zero-order valence-corrected chi connectivity index (χ0v) is 10.4. The van der Waals surface area contributed by atoms with E-state index in [0.717, 1.165) is 18.4 Å². The molecule has 82 valence electrons. The van der Waals surface area contributed by atoms with Crippen molar-refractivity contribution >= 4 is 12.2 Å². The SMILES string of the molecule is CCOCn1cc(C2CC2)c([O-])nc1=S.[Li+]. The second kappa shape index (κ2) is 5.83. The summed E-state index contributed by atoms with van der Waals surface area (Å²) in [6, 6.07) is 0. The van der Waals surface area contributed by atoms with Gasteiger partial charge in [0.25, 0.3) is 0 Å². The molecule has 0 spiro atoms. The molecule has 0 radical (unpaired) electrons. The number of aromatic nitrogens is 2. The van der Waals surface area contributed by atoms with Crippen molar-refractivity contribution in [2.75, 3.05) is 6.61 Å². The van der Waals surface area contributed by atoms with Crippen LogP contribution in [0.15, 0.2) is 6.20 Å². The summed E-state index contributed by atoms with van der Waals surface area (Å²) in [5.74, 6) is 0.226. The number of nitrogens with zero attached hydrogens (tertiary/aromatic N) is 2. The largest absolute Gasteiger partial charge is 1.00 e. The molecule has 1 aliphatic carbocycles. The van der Waals surface area contributed by atoms with E-state index in [2.05, 4.69) is 4.98 Å². The van der Waals surface area contributed by atoms with Crippen molar-refractivity contribution in [1.82, 2.24) is 9.55 Å². The van der Waals surface area contributed by atoms with E-state index in [1.807, 2.05) is 6.92 Å². The average Bonchev–Trinajstić information content (AvgIpc) is 3.00. The van der Waals surface area contributed by atoms with Gasteiger partial charge >= 0.3 is 18.9 Å². The number of rotatable bonds is 4. The first kappa shape index (κ1) is 13.7. The minimum atomic E-state index is -0.171. The van der Waals surface area contributed by atoms with Gasteiger partial charge in [-0.2, -0.15) is 0 Å². The van der Waals surface area contributed by atoms with Gasteiger partial charge in [-0.15, -0.1) is 0 Å². The van der Waals surface area contributed by atoms with Gasteiger partial charge in [-0.05, 0) is 49.3 Å². The normalized spacial score (nSPS) is 14.6. The van der Waals surface area contributed by atoms with Crippen LogP contribution in [-0.2, 0) is 11.5 Å². The number of ether oxygens (including phenoxy) is 1. The van der Waals surface area contributed by atoms with Crippen molar-refractivity contribution < 1.29 is 28.7 Å². The van der Waals surface area contributed by atoms with Crippen molar-refractivity contribution in [3.63, 3.8) is 0 Å². The molecule has 0 bridgehead atoms. The Morgan fingerprint density at radius 2 is 2.31 bits per heavy atom. The van der Waals surface area contributed by atoms with Gasteiger partial charge in [0.2, 0.25) is 4.77 Å². The number of hydrogen-bond acceptors (Lipinski definition) is 4. The molecule has 1 aliphatic rings. The molecule has 16 heavy (non-hydrogen) atoms. The molecule has 0 N–H and O–H groups in total. The van der Waals surface area contributed by atoms with E-state index in [0.29, 0.717) is 24.0 Å². The summed E-state index contributed by atoms with van der Waals surface area (Å²) in [4.78, 5) is 3.83. The van der Waals surface area contributed by atoms with E-state index >= 15 is 0 Å². The zero-order valence-electron chi connectivity index (χ0n) is 9.60. The number of hydrogen-bond donors (Lipinski definition) is 0. The molecule has 4 nitrogen and oxygen atoms in total. The van der Waals surface area contributed by atoms with E-state index < -0.39 is 0 Å². The van der Waals surface area contributed by atoms with Gasteiger partial charge in [0, 0.05) is 12.8 Å². The van der Waals surface area contributed by atoms with Gasteiger partial charge in [-0.25, -0.2) is 4.98 Å². The van der Waals surface area contributed by atoms with Gasteiger partial charge in [0.05, 0.1) is 0 Å². The Labute approximate surface area is 112 Å². The van der Waals surface area contributed by atoms with Gasteiger partial charge in [-0.3, -0.25) is 4.57 Å². The molecule has 6 heteroatoms. The van der Waals surface area contributed by atoms with Crippen molar-refractivity contribution in [3.05, 3.63) is 16.5 Å². The van der Waals surface area contributed by atoms with Crippen molar-refractivity contribution in [1.29, 1.82) is 0 Å². The van der Waals surface area contributed by atoms with Gasteiger partial charge < -0.3 is 9.84 Å². The fraction of sp³-hybridized carbons (Fsp3) is 0.600. The molecule has 0 atom stereocenters. The predicted octanol–water partition coefficient (Wildman–Crippen LogP) is -1.44. The summed E-state index contributed by atoms with van der Waals surface area (Å²) in [6.07, 6.45) is 3.97. The molecule has 0 saturated heterocycles. The molecule has 0 unspecified atom stereocenters. The van der Waals surface area contributed by atoms with E-state index in [4.69, 9.17) is 17.0 Å². The first-order valence-corrected chi connectivity index (χ1v) is 5.49. The van der Waals surface area contributed by atoms with Crippen LogP contribution < -0.4 is 24.0 Å². The van der Waals surface area contributed by atoms with Crippen LogP contribution in [0.25, 0.3) is 0 Å². The molecule has 2 rings (SSSR count). The molecular formula is C10H13LiN2O2S. The third-order valence-corrected chi connectivity index (χ3v) is 2.76. The standard InChI is InChI=1S/C10H14N2O2S.Li/c1-2-14-6-12-5-8(7-3-4-7)9(13)11-10(12)15;/h5,7H,2-4,6H2,1H3,(H,11,13,15);/q;+1/p-1. The van der Waals surface area contributed by atoms with Crippen molar-refractivity contribution in [3.8, 4) is 5.88 Å². The maximum atomic E-state index is 11.5. The van der Waals surface area contributed by atoms with Crippen molar-refractivity contribution in [2.24, 2.45) is 0 Å². The minimum absolute atomic E-state index is 0. The summed E-state index contributed by atoms with van der Waals surface area (Å²) in [7, 11) is 0. The van der Waals surface area contributed by atoms with E-state index in [-0.39, 0.29) is 24.7 Å². The Morgan fingerprint density at radius 1 is 1.62 bits per heavy atom. The quantitative estimate of drug-likeness (QED) is 0.471. The van der Waals surface area contributed by atoms with E-state index in [1.54, 1.807) is 10.8 Å². The summed E-state index contributed by atoms with van der Waals surface area (Å²) in [6.45, 7) is 2.92. The van der Waals surface area contributed by atoms with Crippen LogP contribution in [0.2, 0.25) is 0 Å². The second-order valence-electron chi connectivity index (χ2n) is 3.65. The summed E-state index contributed by atoms with van der Waals surface area (Å²) < 4.78 is 7.27. The molecule has 1 aromatic rings. The first-order valence-electron chi connectivity index (χ1n) is 5.08. The Hall–Kier alpha value is -0.343. The zero-order chi connectivity index (χ0) is 10.8. The van der Waals surface area contributed by atoms with Gasteiger partial charge in [-0.1, -0.05) is 0 Å². The molecule has 0 aliphatic heterocycles. The third kappa shape index (κ3) is 3.08. The van der Waals surface area contributed by atoms with Gasteiger partial charge in [0.1, 0.15) is 6.73 Å². The van der Waals surface area contributed by atoms with Crippen molar-refractivity contribution in [2.45, 2.75) is 32.4 Å². The van der Waals surface area contributed by atoms with Gasteiger partial charge in [0.15, 0.2) is 0 Å². The summed E-state index contributed by atoms with van der Waals surface area (Å²) >= 11 is 4.99. The molecule has 1 heterocycles. The Balaban J connectivity index is 0.00000128. The van der Waals surface area contributed by atoms with Crippen LogP contribution in [-0.4, -0.2) is 16.2 Å². The Kier molecular flexibility index (Phi) is 5.00. The van der Waals surface area contributed by atoms with Crippen LogP contribution in [0, 0.1) is 4.77 Å². The molecule has 1 saturated carbocycles. The smallest absolute Gasteiger partial charge is 0.858 e. The topological polar surface area (TPSA) is 50.1 Å². The maximum Gasteiger partial charge on any atom is 1.00 e. The third-order valence-electron chi connectivity index (χ3n) is 2.44. The maximum absolute atomic E-state index is 11.5. The first-order chi connectivity index (χ1) is 7.22. The fourth-order valence-corrected chi connectivity index (χ4v) is 1.64. The van der Waals surface area contributed by atoms with E-state index in [9.17, 15) is 5.11 Å². The predicted molar refractivity (Wildman–Crippen MR) is 56.1 cm³/mol. The summed E-state index contributed by atoms with van der Waals surface area (Å²) in [5.41, 5.74) is 0.781. The molecule has 0 aromatic carbocycles. The Morgan fingerprint density at radius 3 is 2.88 bits per heavy atom.